The highest BCUT2D eigenvalue weighted by Gasteiger charge is 2.14. The summed E-state index contributed by atoms with van der Waals surface area (Å²) in [6.07, 6.45) is 1.62. The molecule has 0 saturated carbocycles. The number of hydrogen-bond donors (Lipinski definition) is 2. The summed E-state index contributed by atoms with van der Waals surface area (Å²) in [6.45, 7) is 2.53. The number of nitrogens with one attached hydrogen (secondary N) is 2. The molecule has 1 aromatic carbocycles. The van der Waals surface area contributed by atoms with E-state index in [0.29, 0.717) is 18.2 Å². The molecule has 0 fully saturated rings. The number of carbonyl (C=O) groups is 2. The zero-order chi connectivity index (χ0) is 20.9. The van der Waals surface area contributed by atoms with Crippen LogP contribution in [0.2, 0.25) is 0 Å². The minimum Gasteiger partial charge on any atom is -0.351 e. The first kappa shape index (κ1) is 19.9. The molecule has 152 valence electrons. The molecule has 2 N–H and O–H groups in total. The van der Waals surface area contributed by atoms with E-state index in [9.17, 15) is 9.59 Å². The van der Waals surface area contributed by atoms with E-state index >= 15 is 0 Å². The van der Waals surface area contributed by atoms with E-state index in [-0.39, 0.29) is 17.5 Å². The molecular weight excluding hydrogens is 420 g/mol. The van der Waals surface area contributed by atoms with E-state index in [1.54, 1.807) is 22.2 Å². The van der Waals surface area contributed by atoms with Crippen molar-refractivity contribution in [2.24, 2.45) is 0 Å². The van der Waals surface area contributed by atoms with Crippen LogP contribution in [0.25, 0.3) is 10.6 Å². The van der Waals surface area contributed by atoms with Crippen LogP contribution < -0.4 is 10.6 Å². The number of amides is 2. The molecule has 10 heteroatoms. The fraction of sp³-hybridized carbons (Fsp3) is 0.150. The number of thiazole rings is 1. The third-order valence-electron chi connectivity index (χ3n) is 4.11. The molecule has 4 rings (SSSR count). The van der Waals surface area contributed by atoms with Gasteiger partial charge in [-0.05, 0) is 17.7 Å². The summed E-state index contributed by atoms with van der Waals surface area (Å²) in [4.78, 5) is 30.0. The number of rotatable bonds is 7. The van der Waals surface area contributed by atoms with Gasteiger partial charge in [-0.2, -0.15) is 0 Å². The van der Waals surface area contributed by atoms with Gasteiger partial charge in [0, 0.05) is 17.2 Å². The second kappa shape index (κ2) is 8.97. The zero-order valence-electron chi connectivity index (χ0n) is 16.0. The molecule has 3 heterocycles. The SMILES string of the molecule is CC(=O)NCc1ccc(-c2csc(NC(=O)c3cn(Cc4ccccc4)nn3)n2)s1. The number of benzene rings is 1. The van der Waals surface area contributed by atoms with Gasteiger partial charge in [-0.15, -0.1) is 27.8 Å². The Morgan fingerprint density at radius 2 is 1.97 bits per heavy atom. The van der Waals surface area contributed by atoms with Crippen molar-refractivity contribution in [2.45, 2.75) is 20.0 Å². The predicted octanol–water partition coefficient (Wildman–Crippen LogP) is 3.40. The number of hydrogen-bond acceptors (Lipinski definition) is 7. The van der Waals surface area contributed by atoms with Gasteiger partial charge in [-0.1, -0.05) is 35.5 Å². The second-order valence-electron chi connectivity index (χ2n) is 6.45. The van der Waals surface area contributed by atoms with Crippen molar-refractivity contribution in [1.29, 1.82) is 0 Å². The Bertz CT molecular complexity index is 1160. The molecule has 0 atom stereocenters. The minimum absolute atomic E-state index is 0.0655. The average molecular weight is 439 g/mol. The Hall–Kier alpha value is -3.37. The van der Waals surface area contributed by atoms with E-state index in [1.807, 2.05) is 47.8 Å². The van der Waals surface area contributed by atoms with Gasteiger partial charge in [0.15, 0.2) is 10.8 Å². The van der Waals surface area contributed by atoms with Crippen molar-refractivity contribution in [3.63, 3.8) is 0 Å². The fourth-order valence-corrected chi connectivity index (χ4v) is 4.37. The van der Waals surface area contributed by atoms with Crippen LogP contribution in [0.3, 0.4) is 0 Å². The van der Waals surface area contributed by atoms with Crippen molar-refractivity contribution in [3.05, 3.63) is 70.2 Å². The molecule has 4 aromatic rings. The second-order valence-corrected chi connectivity index (χ2v) is 8.48. The number of aromatic nitrogens is 4. The monoisotopic (exact) mass is 438 g/mol. The van der Waals surface area contributed by atoms with Crippen molar-refractivity contribution < 1.29 is 9.59 Å². The smallest absolute Gasteiger partial charge is 0.279 e. The molecule has 0 aliphatic rings. The summed E-state index contributed by atoms with van der Waals surface area (Å²) in [6, 6.07) is 13.8. The van der Waals surface area contributed by atoms with Crippen LogP contribution in [0, 0.1) is 0 Å². The Labute approximate surface area is 180 Å². The number of thiophene rings is 1. The summed E-state index contributed by atoms with van der Waals surface area (Å²) in [7, 11) is 0. The molecule has 0 bridgehead atoms. The predicted molar refractivity (Wildman–Crippen MR) is 116 cm³/mol. The van der Waals surface area contributed by atoms with Gasteiger partial charge in [0.25, 0.3) is 5.91 Å². The molecule has 0 aliphatic carbocycles. The molecule has 0 saturated heterocycles. The first-order chi connectivity index (χ1) is 14.6. The van der Waals surface area contributed by atoms with Crippen LogP contribution in [0.5, 0.6) is 0 Å². The first-order valence-electron chi connectivity index (χ1n) is 9.11. The Morgan fingerprint density at radius 3 is 2.77 bits per heavy atom. The lowest BCUT2D eigenvalue weighted by Crippen LogP contribution is -2.17. The van der Waals surface area contributed by atoms with E-state index in [0.717, 1.165) is 21.0 Å². The van der Waals surface area contributed by atoms with Crippen LogP contribution in [0.4, 0.5) is 5.13 Å². The number of nitrogens with zero attached hydrogens (tertiary/aromatic N) is 4. The van der Waals surface area contributed by atoms with Gasteiger partial charge < -0.3 is 5.32 Å². The van der Waals surface area contributed by atoms with Gasteiger partial charge in [0.05, 0.1) is 29.9 Å². The highest BCUT2D eigenvalue weighted by atomic mass is 32.1. The van der Waals surface area contributed by atoms with Crippen LogP contribution in [0.15, 0.2) is 54.0 Å². The maximum atomic E-state index is 12.5. The maximum absolute atomic E-state index is 12.5. The van der Waals surface area contributed by atoms with Crippen LogP contribution in [-0.4, -0.2) is 31.8 Å². The average Bonchev–Trinajstić information content (AvgIpc) is 3.48. The summed E-state index contributed by atoms with van der Waals surface area (Å²) < 4.78 is 1.62. The van der Waals surface area contributed by atoms with E-state index in [1.165, 1.54) is 18.3 Å². The first-order valence-corrected chi connectivity index (χ1v) is 10.8. The summed E-state index contributed by atoms with van der Waals surface area (Å²) >= 11 is 2.90. The normalized spacial score (nSPS) is 10.7. The van der Waals surface area contributed by atoms with Gasteiger partial charge in [-0.3, -0.25) is 14.9 Å². The van der Waals surface area contributed by atoms with Gasteiger partial charge in [-0.25, -0.2) is 9.67 Å². The van der Waals surface area contributed by atoms with Crippen LogP contribution >= 0.6 is 22.7 Å². The molecule has 0 unspecified atom stereocenters. The highest BCUT2D eigenvalue weighted by Crippen LogP contribution is 2.30. The summed E-state index contributed by atoms with van der Waals surface area (Å²) in [5.41, 5.74) is 2.09. The van der Waals surface area contributed by atoms with Crippen LogP contribution in [-0.2, 0) is 17.9 Å². The molecule has 30 heavy (non-hydrogen) atoms. The highest BCUT2D eigenvalue weighted by molar-refractivity contribution is 7.17. The lowest BCUT2D eigenvalue weighted by atomic mass is 10.2. The molecule has 3 aromatic heterocycles. The Morgan fingerprint density at radius 1 is 1.13 bits per heavy atom. The standard InChI is InChI=1S/C20H18N6O2S2/c1-13(27)21-9-15-7-8-18(30-15)17-12-29-20(22-17)23-19(28)16-11-26(25-24-16)10-14-5-3-2-4-6-14/h2-8,11-12H,9-10H2,1H3,(H,21,27)(H,22,23,28). The number of carbonyl (C=O) groups excluding carboxylic acids is 2. The van der Waals surface area contributed by atoms with Gasteiger partial charge in [0.2, 0.25) is 5.91 Å². The van der Waals surface area contributed by atoms with Crippen molar-refractivity contribution in [3.8, 4) is 10.6 Å². The Kier molecular flexibility index (Phi) is 5.96. The van der Waals surface area contributed by atoms with E-state index in [4.69, 9.17) is 0 Å². The van der Waals surface area contributed by atoms with E-state index in [2.05, 4.69) is 25.9 Å². The molecule has 2 amide bonds. The molecule has 8 nitrogen and oxygen atoms in total. The fourth-order valence-electron chi connectivity index (χ4n) is 2.68. The molecule has 0 radical (unpaired) electrons. The van der Waals surface area contributed by atoms with Gasteiger partial charge >= 0.3 is 0 Å². The molecular formula is C20H18N6O2S2. The minimum atomic E-state index is -0.354. The number of anilines is 1. The Balaban J connectivity index is 1.38. The quantitative estimate of drug-likeness (QED) is 0.460. The lowest BCUT2D eigenvalue weighted by molar-refractivity contribution is -0.119. The third kappa shape index (κ3) is 4.97. The summed E-state index contributed by atoms with van der Waals surface area (Å²) in [5.74, 6) is -0.419. The van der Waals surface area contributed by atoms with Crippen LogP contribution in [0.1, 0.15) is 27.9 Å². The van der Waals surface area contributed by atoms with Crippen molar-refractivity contribution in [1.82, 2.24) is 25.3 Å². The molecule has 0 aliphatic heterocycles. The zero-order valence-corrected chi connectivity index (χ0v) is 17.7. The van der Waals surface area contributed by atoms with Gasteiger partial charge in [0.1, 0.15) is 0 Å². The summed E-state index contributed by atoms with van der Waals surface area (Å²) in [5, 5.41) is 15.9. The lowest BCUT2D eigenvalue weighted by Gasteiger charge is -1.99. The van der Waals surface area contributed by atoms with Crippen molar-refractivity contribution in [2.75, 3.05) is 5.32 Å². The maximum Gasteiger partial charge on any atom is 0.279 e. The van der Waals surface area contributed by atoms with Crippen molar-refractivity contribution >= 4 is 39.6 Å². The largest absolute Gasteiger partial charge is 0.351 e. The third-order valence-corrected chi connectivity index (χ3v) is 5.97. The topological polar surface area (TPSA) is 102 Å². The molecule has 0 spiro atoms. The van der Waals surface area contributed by atoms with E-state index < -0.39 is 0 Å².